The Labute approximate surface area is 218 Å². The zero-order chi connectivity index (χ0) is 26.5. The number of nitriles is 1. The number of hydrogen-bond acceptors (Lipinski definition) is 6. The Morgan fingerprint density at radius 2 is 2.03 bits per heavy atom. The summed E-state index contributed by atoms with van der Waals surface area (Å²) in [6, 6.07) is 10.6. The van der Waals surface area contributed by atoms with Crippen molar-refractivity contribution in [2.24, 2.45) is 11.8 Å². The molecule has 0 unspecified atom stereocenters. The Morgan fingerprint density at radius 1 is 1.27 bits per heavy atom. The normalized spacial score (nSPS) is 21.2. The number of aliphatic hydroxyl groups is 1. The molecule has 1 aromatic heterocycles. The summed E-state index contributed by atoms with van der Waals surface area (Å²) in [6.45, 7) is 4.41. The predicted octanol–water partition coefficient (Wildman–Crippen LogP) is 3.88. The van der Waals surface area contributed by atoms with Crippen LogP contribution >= 0.6 is 0 Å². The fraction of sp³-hybridized carbons (Fsp3) is 0.517. The summed E-state index contributed by atoms with van der Waals surface area (Å²) < 4.78 is 6.36. The number of aromatic nitrogens is 1. The third-order valence-electron chi connectivity index (χ3n) is 7.63. The first-order valence-electron chi connectivity index (χ1n) is 13.2. The number of likely N-dealkylation sites (N-methyl/N-ethyl adjacent to an activating group) is 1. The van der Waals surface area contributed by atoms with Crippen LogP contribution in [0.3, 0.4) is 0 Å². The molecule has 8 heteroatoms. The number of pyridine rings is 1. The summed E-state index contributed by atoms with van der Waals surface area (Å²) in [6.07, 6.45) is 6.50. The zero-order valence-electron chi connectivity index (χ0n) is 21.9. The number of ether oxygens (including phenoxy) is 1. The number of fused-ring (bicyclic) bond motifs is 1. The van der Waals surface area contributed by atoms with E-state index in [1.54, 1.807) is 40.3 Å². The van der Waals surface area contributed by atoms with Crippen molar-refractivity contribution in [3.8, 4) is 23.1 Å². The second kappa shape index (κ2) is 11.7. The first-order chi connectivity index (χ1) is 17.8. The van der Waals surface area contributed by atoms with Crippen LogP contribution in [-0.4, -0.2) is 70.6 Å². The number of nitrogens with zero attached hydrogens (tertiary/aromatic N) is 4. The highest BCUT2D eigenvalue weighted by molar-refractivity contribution is 5.98. The molecule has 2 heterocycles. The minimum atomic E-state index is -0.395. The summed E-state index contributed by atoms with van der Waals surface area (Å²) in [7, 11) is 1.82. The Bertz CT molecular complexity index is 1170. The van der Waals surface area contributed by atoms with Crippen molar-refractivity contribution in [3.05, 3.63) is 47.7 Å². The van der Waals surface area contributed by atoms with Crippen LogP contribution < -0.4 is 4.74 Å². The van der Waals surface area contributed by atoms with Gasteiger partial charge in [0.15, 0.2) is 0 Å². The lowest BCUT2D eigenvalue weighted by Gasteiger charge is -2.38. The molecule has 37 heavy (non-hydrogen) atoms. The van der Waals surface area contributed by atoms with Gasteiger partial charge in [-0.3, -0.25) is 9.59 Å². The Morgan fingerprint density at radius 3 is 2.73 bits per heavy atom. The number of carbonyl (C=O) groups is 2. The quantitative estimate of drug-likeness (QED) is 0.640. The van der Waals surface area contributed by atoms with Crippen LogP contribution in [0, 0.1) is 23.2 Å². The average molecular weight is 505 g/mol. The Kier molecular flexibility index (Phi) is 8.45. The highest BCUT2D eigenvalue weighted by atomic mass is 16.5. The maximum Gasteiger partial charge on any atom is 0.259 e. The van der Waals surface area contributed by atoms with Gasteiger partial charge in [-0.25, -0.2) is 4.98 Å². The number of benzene rings is 1. The topological polar surface area (TPSA) is 107 Å². The molecule has 1 saturated carbocycles. The lowest BCUT2D eigenvalue weighted by Crippen LogP contribution is -2.51. The van der Waals surface area contributed by atoms with Crippen molar-refractivity contribution in [1.82, 2.24) is 14.8 Å². The molecule has 4 rings (SSSR count). The predicted molar refractivity (Wildman–Crippen MR) is 140 cm³/mol. The molecule has 2 aromatic rings. The zero-order valence-corrected chi connectivity index (χ0v) is 21.9. The van der Waals surface area contributed by atoms with E-state index in [9.17, 15) is 20.0 Å². The van der Waals surface area contributed by atoms with Crippen LogP contribution in [0.15, 0.2) is 36.5 Å². The molecule has 3 atom stereocenters. The second-order valence-corrected chi connectivity index (χ2v) is 10.4. The molecule has 0 radical (unpaired) electrons. The Balaban J connectivity index is 1.66. The molecule has 1 aromatic carbocycles. The van der Waals surface area contributed by atoms with Crippen LogP contribution in [0.1, 0.15) is 61.9 Å². The summed E-state index contributed by atoms with van der Waals surface area (Å²) in [5, 5.41) is 19.2. The van der Waals surface area contributed by atoms with E-state index in [0.717, 1.165) is 31.2 Å². The molecular formula is C29H36N4O4. The van der Waals surface area contributed by atoms with Gasteiger partial charge in [0.1, 0.15) is 11.7 Å². The van der Waals surface area contributed by atoms with E-state index >= 15 is 0 Å². The van der Waals surface area contributed by atoms with Crippen LogP contribution in [0.5, 0.6) is 5.88 Å². The second-order valence-electron chi connectivity index (χ2n) is 10.4. The summed E-state index contributed by atoms with van der Waals surface area (Å²) in [5.41, 5.74) is 2.29. The van der Waals surface area contributed by atoms with Crippen molar-refractivity contribution in [3.63, 3.8) is 0 Å². The Hall–Kier alpha value is -3.44. The number of aliphatic hydroxyl groups excluding tert-OH is 1. The molecule has 0 bridgehead atoms. The molecule has 8 nitrogen and oxygen atoms in total. The number of carbonyl (C=O) groups excluding carboxylic acids is 2. The summed E-state index contributed by atoms with van der Waals surface area (Å²) in [5.74, 6) is 0.0681. The molecule has 2 aliphatic rings. The molecule has 196 valence electrons. The maximum absolute atomic E-state index is 13.7. The summed E-state index contributed by atoms with van der Waals surface area (Å²) in [4.78, 5) is 34.8. The molecule has 0 saturated heterocycles. The lowest BCUT2D eigenvalue weighted by atomic mass is 9.88. The third-order valence-corrected chi connectivity index (χ3v) is 7.63. The fourth-order valence-electron chi connectivity index (χ4n) is 5.27. The van der Waals surface area contributed by atoms with Crippen LogP contribution in [0.2, 0.25) is 0 Å². The largest absolute Gasteiger partial charge is 0.472 e. The third kappa shape index (κ3) is 5.94. The van der Waals surface area contributed by atoms with E-state index in [4.69, 9.17) is 4.74 Å². The van der Waals surface area contributed by atoms with Crippen LogP contribution in [-0.2, 0) is 4.79 Å². The molecule has 1 aliphatic heterocycles. The van der Waals surface area contributed by atoms with Gasteiger partial charge in [0.25, 0.3) is 5.91 Å². The molecular weight excluding hydrogens is 468 g/mol. The van der Waals surface area contributed by atoms with Crippen molar-refractivity contribution in [2.75, 3.05) is 26.7 Å². The lowest BCUT2D eigenvalue weighted by molar-refractivity contribution is -0.136. The van der Waals surface area contributed by atoms with Crippen molar-refractivity contribution >= 4 is 11.8 Å². The van der Waals surface area contributed by atoms with E-state index in [2.05, 4.69) is 11.1 Å². The van der Waals surface area contributed by atoms with Crippen molar-refractivity contribution in [1.29, 1.82) is 5.26 Å². The van der Waals surface area contributed by atoms with E-state index in [0.29, 0.717) is 29.8 Å². The number of amides is 2. The van der Waals surface area contributed by atoms with E-state index < -0.39 is 6.04 Å². The smallest absolute Gasteiger partial charge is 0.259 e. The summed E-state index contributed by atoms with van der Waals surface area (Å²) >= 11 is 0. The van der Waals surface area contributed by atoms with Crippen molar-refractivity contribution in [2.45, 2.75) is 58.1 Å². The van der Waals surface area contributed by atoms with Gasteiger partial charge < -0.3 is 19.6 Å². The fourth-order valence-corrected chi connectivity index (χ4v) is 5.27. The van der Waals surface area contributed by atoms with Gasteiger partial charge in [0.05, 0.1) is 30.8 Å². The van der Waals surface area contributed by atoms with Gasteiger partial charge in [0, 0.05) is 37.2 Å². The maximum atomic E-state index is 13.7. The minimum Gasteiger partial charge on any atom is -0.472 e. The molecule has 2 amide bonds. The van der Waals surface area contributed by atoms with E-state index in [-0.39, 0.29) is 42.2 Å². The standard InChI is InChI=1S/C29H36N4O4/c1-19-16-33(20(2)18-34)29(36)25-13-24(23-11-7-8-21(12-23)14-30)15-31-27(25)37-26(19)17-32(3)28(35)22-9-5-4-6-10-22/h7-8,11-13,15,19-20,22,26,34H,4-6,9-10,16-18H2,1-3H3/t19-,20-,26-/m0/s1. The molecule has 1 aliphatic carbocycles. The van der Waals surface area contributed by atoms with Gasteiger partial charge in [0.2, 0.25) is 11.8 Å². The molecule has 1 fully saturated rings. The van der Waals surface area contributed by atoms with Crippen molar-refractivity contribution < 1.29 is 19.4 Å². The molecule has 0 spiro atoms. The minimum absolute atomic E-state index is 0.0623. The highest BCUT2D eigenvalue weighted by Crippen LogP contribution is 2.31. The van der Waals surface area contributed by atoms with Crippen LogP contribution in [0.4, 0.5) is 0 Å². The van der Waals surface area contributed by atoms with E-state index in [1.807, 2.05) is 27.0 Å². The first kappa shape index (κ1) is 26.6. The van der Waals surface area contributed by atoms with Gasteiger partial charge in [-0.1, -0.05) is 38.3 Å². The SMILES string of the molecule is C[C@H]1CN([C@@H](C)CO)C(=O)c2cc(-c3cccc(C#N)c3)cnc2O[C@H]1CN(C)C(=O)C1CCCCC1. The number of hydrogen-bond donors (Lipinski definition) is 1. The average Bonchev–Trinajstić information content (AvgIpc) is 2.94. The van der Waals surface area contributed by atoms with E-state index in [1.165, 1.54) is 6.42 Å². The molecule has 1 N–H and O–H groups in total. The van der Waals surface area contributed by atoms with Gasteiger partial charge in [-0.05, 0) is 43.5 Å². The van der Waals surface area contributed by atoms with Gasteiger partial charge >= 0.3 is 0 Å². The number of rotatable bonds is 6. The van der Waals surface area contributed by atoms with Gasteiger partial charge in [-0.15, -0.1) is 0 Å². The van der Waals surface area contributed by atoms with Crippen LogP contribution in [0.25, 0.3) is 11.1 Å². The first-order valence-corrected chi connectivity index (χ1v) is 13.2. The highest BCUT2D eigenvalue weighted by Gasteiger charge is 2.35. The monoisotopic (exact) mass is 504 g/mol. The van der Waals surface area contributed by atoms with Gasteiger partial charge in [-0.2, -0.15) is 5.26 Å².